The highest BCUT2D eigenvalue weighted by molar-refractivity contribution is 5.54. The number of piperazine rings is 1. The Balaban J connectivity index is 1.44. The van der Waals surface area contributed by atoms with Crippen molar-refractivity contribution < 1.29 is 10.2 Å². The van der Waals surface area contributed by atoms with Crippen LogP contribution in [0, 0.1) is 0 Å². The average Bonchev–Trinajstić information content (AvgIpc) is 3.15. The number of aromatic hydroxyl groups is 1. The number of hydrogen-bond acceptors (Lipinski definition) is 6. The van der Waals surface area contributed by atoms with Gasteiger partial charge in [-0.15, -0.1) is 0 Å². The third kappa shape index (κ3) is 3.91. The van der Waals surface area contributed by atoms with Gasteiger partial charge in [0.2, 0.25) is 0 Å². The van der Waals surface area contributed by atoms with Crippen molar-refractivity contribution in [2.45, 2.75) is 26.0 Å². The first-order chi connectivity index (χ1) is 14.4. The predicted molar refractivity (Wildman–Crippen MR) is 117 cm³/mol. The van der Waals surface area contributed by atoms with E-state index in [0.717, 1.165) is 43.2 Å². The Hall–Kier alpha value is -3.26. The van der Waals surface area contributed by atoms with E-state index in [2.05, 4.69) is 14.9 Å². The number of aliphatic hydroxyl groups is 1. The van der Waals surface area contributed by atoms with Gasteiger partial charge in [-0.05, 0) is 62.4 Å². The molecule has 0 radical (unpaired) electrons. The summed E-state index contributed by atoms with van der Waals surface area (Å²) in [6, 6.07) is 14.8. The van der Waals surface area contributed by atoms with Crippen LogP contribution in [-0.4, -0.2) is 56.8 Å². The third-order valence-corrected chi connectivity index (χ3v) is 5.77. The lowest BCUT2D eigenvalue weighted by atomic mass is 10.2. The van der Waals surface area contributed by atoms with Gasteiger partial charge in [-0.1, -0.05) is 0 Å². The van der Waals surface area contributed by atoms with Crippen LogP contribution in [0.2, 0.25) is 0 Å². The topological polar surface area (TPSA) is 86.8 Å². The SMILES string of the molecule is C[C@H]([C@@H](C)O)n1ncn(-c2ccc(N3CCN(c4ccc(O)cc4)CC3)cc2)c1=O. The van der Waals surface area contributed by atoms with E-state index in [0.29, 0.717) is 0 Å². The summed E-state index contributed by atoms with van der Waals surface area (Å²) >= 11 is 0. The summed E-state index contributed by atoms with van der Waals surface area (Å²) in [6.07, 6.45) is 0.834. The van der Waals surface area contributed by atoms with Gasteiger partial charge in [0.1, 0.15) is 12.1 Å². The average molecular weight is 409 g/mol. The van der Waals surface area contributed by atoms with Gasteiger partial charge in [0, 0.05) is 37.6 Å². The summed E-state index contributed by atoms with van der Waals surface area (Å²) in [6.45, 7) is 7.00. The zero-order valence-corrected chi connectivity index (χ0v) is 17.2. The van der Waals surface area contributed by atoms with Crippen molar-refractivity contribution >= 4 is 11.4 Å². The molecule has 0 unspecified atom stereocenters. The second-order valence-corrected chi connectivity index (χ2v) is 7.72. The van der Waals surface area contributed by atoms with E-state index in [1.165, 1.54) is 15.6 Å². The lowest BCUT2D eigenvalue weighted by molar-refractivity contribution is 0.130. The molecule has 30 heavy (non-hydrogen) atoms. The molecule has 1 aliphatic rings. The number of nitrogens with zero attached hydrogens (tertiary/aromatic N) is 5. The fraction of sp³-hybridized carbons (Fsp3) is 0.364. The van der Waals surface area contributed by atoms with Crippen molar-refractivity contribution in [3.8, 4) is 11.4 Å². The maximum Gasteiger partial charge on any atom is 0.350 e. The molecule has 2 aromatic carbocycles. The molecule has 8 heteroatoms. The Morgan fingerprint density at radius 1 is 0.833 bits per heavy atom. The van der Waals surface area contributed by atoms with E-state index in [4.69, 9.17) is 0 Å². The van der Waals surface area contributed by atoms with E-state index >= 15 is 0 Å². The van der Waals surface area contributed by atoms with Gasteiger partial charge in [0.05, 0.1) is 17.8 Å². The molecule has 2 atom stereocenters. The number of aliphatic hydroxyl groups excluding tert-OH is 1. The molecule has 2 heterocycles. The van der Waals surface area contributed by atoms with E-state index in [1.54, 1.807) is 26.0 Å². The van der Waals surface area contributed by atoms with E-state index in [-0.39, 0.29) is 17.5 Å². The minimum Gasteiger partial charge on any atom is -0.508 e. The second kappa shape index (κ2) is 8.23. The Bertz CT molecular complexity index is 1030. The van der Waals surface area contributed by atoms with Gasteiger partial charge in [0.25, 0.3) is 0 Å². The van der Waals surface area contributed by atoms with Gasteiger partial charge in [0.15, 0.2) is 0 Å². The molecule has 4 rings (SSSR count). The number of hydrogen-bond donors (Lipinski definition) is 2. The van der Waals surface area contributed by atoms with Crippen molar-refractivity contribution in [1.29, 1.82) is 0 Å². The molecule has 1 aromatic heterocycles. The highest BCUT2D eigenvalue weighted by Gasteiger charge is 2.19. The van der Waals surface area contributed by atoms with Crippen molar-refractivity contribution in [3.63, 3.8) is 0 Å². The van der Waals surface area contributed by atoms with Gasteiger partial charge >= 0.3 is 5.69 Å². The van der Waals surface area contributed by atoms with Crippen LogP contribution in [0.25, 0.3) is 5.69 Å². The number of anilines is 2. The molecule has 0 saturated carbocycles. The standard InChI is InChI=1S/C22H27N5O3/c1-16(17(2)28)27-22(30)26(15-23-27)20-5-3-18(4-6-20)24-11-13-25(14-12-24)19-7-9-21(29)10-8-19/h3-10,15-17,28-29H,11-14H2,1-2H3/t16-,17-/m1/s1. The zero-order valence-electron chi connectivity index (χ0n) is 17.2. The molecule has 1 fully saturated rings. The Labute approximate surface area is 175 Å². The number of benzene rings is 2. The zero-order chi connectivity index (χ0) is 21.3. The molecule has 3 aromatic rings. The Morgan fingerprint density at radius 2 is 1.30 bits per heavy atom. The summed E-state index contributed by atoms with van der Waals surface area (Å²) in [5.74, 6) is 0.280. The summed E-state index contributed by atoms with van der Waals surface area (Å²) in [7, 11) is 0. The molecule has 0 spiro atoms. The highest BCUT2D eigenvalue weighted by atomic mass is 16.3. The highest BCUT2D eigenvalue weighted by Crippen LogP contribution is 2.23. The lowest BCUT2D eigenvalue weighted by Gasteiger charge is -2.37. The van der Waals surface area contributed by atoms with Crippen LogP contribution < -0.4 is 15.5 Å². The molecule has 1 saturated heterocycles. The first kappa shape index (κ1) is 20.0. The third-order valence-electron chi connectivity index (χ3n) is 5.77. The van der Waals surface area contributed by atoms with Gasteiger partial charge in [-0.2, -0.15) is 5.10 Å². The van der Waals surface area contributed by atoms with E-state index in [1.807, 2.05) is 36.4 Å². The number of phenols is 1. The molecule has 0 amide bonds. The normalized spacial score (nSPS) is 16.5. The summed E-state index contributed by atoms with van der Waals surface area (Å²) in [4.78, 5) is 17.2. The first-order valence-corrected chi connectivity index (χ1v) is 10.2. The van der Waals surface area contributed by atoms with Crippen molar-refractivity contribution in [2.24, 2.45) is 0 Å². The van der Waals surface area contributed by atoms with Crippen LogP contribution in [-0.2, 0) is 0 Å². The van der Waals surface area contributed by atoms with Crippen LogP contribution in [0.1, 0.15) is 19.9 Å². The maximum atomic E-state index is 12.6. The van der Waals surface area contributed by atoms with Gasteiger partial charge in [-0.3, -0.25) is 0 Å². The van der Waals surface area contributed by atoms with Crippen molar-refractivity contribution in [3.05, 3.63) is 65.3 Å². The van der Waals surface area contributed by atoms with E-state index in [9.17, 15) is 15.0 Å². The van der Waals surface area contributed by atoms with Crippen LogP contribution >= 0.6 is 0 Å². The molecular formula is C22H27N5O3. The van der Waals surface area contributed by atoms with Crippen LogP contribution in [0.5, 0.6) is 5.75 Å². The molecular weight excluding hydrogens is 382 g/mol. The van der Waals surface area contributed by atoms with Crippen molar-refractivity contribution in [2.75, 3.05) is 36.0 Å². The summed E-state index contributed by atoms with van der Waals surface area (Å²) in [5.41, 5.74) is 2.71. The first-order valence-electron chi connectivity index (χ1n) is 10.2. The number of rotatable bonds is 5. The summed E-state index contributed by atoms with van der Waals surface area (Å²) < 4.78 is 2.80. The molecule has 0 bridgehead atoms. The smallest absolute Gasteiger partial charge is 0.350 e. The molecule has 8 nitrogen and oxygen atoms in total. The Kier molecular flexibility index (Phi) is 5.50. The summed E-state index contributed by atoms with van der Waals surface area (Å²) in [5, 5.41) is 23.3. The molecule has 2 N–H and O–H groups in total. The minimum atomic E-state index is -0.659. The fourth-order valence-electron chi connectivity index (χ4n) is 3.69. The molecule has 0 aliphatic carbocycles. The maximum absolute atomic E-state index is 12.6. The molecule has 1 aliphatic heterocycles. The van der Waals surface area contributed by atoms with Crippen molar-refractivity contribution in [1.82, 2.24) is 14.3 Å². The van der Waals surface area contributed by atoms with Gasteiger partial charge < -0.3 is 20.0 Å². The van der Waals surface area contributed by atoms with Gasteiger partial charge in [-0.25, -0.2) is 14.0 Å². The number of phenolic OH excluding ortho intramolecular Hbond substituents is 1. The fourth-order valence-corrected chi connectivity index (χ4v) is 3.69. The van der Waals surface area contributed by atoms with Crippen LogP contribution in [0.4, 0.5) is 11.4 Å². The van der Waals surface area contributed by atoms with Crippen LogP contribution in [0.15, 0.2) is 59.7 Å². The number of aromatic nitrogens is 3. The Morgan fingerprint density at radius 3 is 1.80 bits per heavy atom. The quantitative estimate of drug-likeness (QED) is 0.670. The predicted octanol–water partition coefficient (Wildman–Crippen LogP) is 2.01. The van der Waals surface area contributed by atoms with Crippen LogP contribution in [0.3, 0.4) is 0 Å². The minimum absolute atomic E-state index is 0.265. The monoisotopic (exact) mass is 409 g/mol. The lowest BCUT2D eigenvalue weighted by Crippen LogP contribution is -2.46. The largest absolute Gasteiger partial charge is 0.508 e. The second-order valence-electron chi connectivity index (χ2n) is 7.72. The molecule has 158 valence electrons. The van der Waals surface area contributed by atoms with E-state index < -0.39 is 6.10 Å².